The van der Waals surface area contributed by atoms with Gasteiger partial charge in [0.15, 0.2) is 5.82 Å². The maximum atomic E-state index is 5.35. The van der Waals surface area contributed by atoms with Gasteiger partial charge in [-0.05, 0) is 38.1 Å². The standard InChI is InChI=1S/C12H19N3O2/c1-2-10(13-5-1)12-14-11(17-15-12)8-9-3-6-16-7-4-9/h9-10,13H,1-8H2. The lowest BCUT2D eigenvalue weighted by atomic mass is 9.97. The van der Waals surface area contributed by atoms with Crippen molar-refractivity contribution < 1.29 is 9.26 Å². The molecule has 3 rings (SSSR count). The average Bonchev–Trinajstić information content (AvgIpc) is 3.00. The van der Waals surface area contributed by atoms with Crippen molar-refractivity contribution in [3.05, 3.63) is 11.7 Å². The monoisotopic (exact) mass is 237 g/mol. The Labute approximate surface area is 101 Å². The molecule has 0 spiro atoms. The van der Waals surface area contributed by atoms with Crippen molar-refractivity contribution in [3.63, 3.8) is 0 Å². The topological polar surface area (TPSA) is 60.2 Å². The molecule has 1 aromatic rings. The van der Waals surface area contributed by atoms with Crippen molar-refractivity contribution in [1.82, 2.24) is 15.5 Å². The van der Waals surface area contributed by atoms with E-state index in [0.29, 0.717) is 12.0 Å². The van der Waals surface area contributed by atoms with Gasteiger partial charge < -0.3 is 14.6 Å². The van der Waals surface area contributed by atoms with Gasteiger partial charge in [0.2, 0.25) is 5.89 Å². The fourth-order valence-corrected chi connectivity index (χ4v) is 2.59. The highest BCUT2D eigenvalue weighted by atomic mass is 16.5. The van der Waals surface area contributed by atoms with Gasteiger partial charge in [-0.2, -0.15) is 4.98 Å². The van der Waals surface area contributed by atoms with Crippen LogP contribution in [-0.2, 0) is 11.2 Å². The van der Waals surface area contributed by atoms with Crippen LogP contribution in [0.15, 0.2) is 4.52 Å². The lowest BCUT2D eigenvalue weighted by molar-refractivity contribution is 0.0642. The number of ether oxygens (including phenoxy) is 1. The Bertz CT molecular complexity index is 354. The van der Waals surface area contributed by atoms with E-state index in [1.165, 1.54) is 6.42 Å². The van der Waals surface area contributed by atoms with E-state index in [4.69, 9.17) is 9.26 Å². The van der Waals surface area contributed by atoms with Gasteiger partial charge >= 0.3 is 0 Å². The molecule has 0 saturated carbocycles. The fourth-order valence-electron chi connectivity index (χ4n) is 2.59. The summed E-state index contributed by atoms with van der Waals surface area (Å²) >= 11 is 0. The number of nitrogens with zero attached hydrogens (tertiary/aromatic N) is 2. The molecule has 2 saturated heterocycles. The zero-order chi connectivity index (χ0) is 11.5. The normalized spacial score (nSPS) is 26.5. The molecule has 2 aliphatic rings. The van der Waals surface area contributed by atoms with Crippen LogP contribution in [0.1, 0.15) is 43.4 Å². The number of hydrogen-bond acceptors (Lipinski definition) is 5. The number of rotatable bonds is 3. The molecule has 1 unspecified atom stereocenters. The summed E-state index contributed by atoms with van der Waals surface area (Å²) < 4.78 is 10.7. The molecule has 1 N–H and O–H groups in total. The van der Waals surface area contributed by atoms with Gasteiger partial charge in [-0.1, -0.05) is 5.16 Å². The van der Waals surface area contributed by atoms with Crippen molar-refractivity contribution in [2.45, 2.75) is 38.1 Å². The molecule has 0 aliphatic carbocycles. The molecular weight excluding hydrogens is 218 g/mol. The second-order valence-corrected chi connectivity index (χ2v) is 4.96. The van der Waals surface area contributed by atoms with Crippen LogP contribution in [0.25, 0.3) is 0 Å². The van der Waals surface area contributed by atoms with Crippen LogP contribution in [0.3, 0.4) is 0 Å². The third kappa shape index (κ3) is 2.66. The molecule has 1 aromatic heterocycles. The van der Waals surface area contributed by atoms with E-state index in [1.807, 2.05) is 0 Å². The zero-order valence-corrected chi connectivity index (χ0v) is 10.0. The Balaban J connectivity index is 1.59. The van der Waals surface area contributed by atoms with E-state index in [2.05, 4.69) is 15.5 Å². The summed E-state index contributed by atoms with van der Waals surface area (Å²) in [5, 5.41) is 7.47. The number of nitrogens with one attached hydrogen (secondary N) is 1. The van der Waals surface area contributed by atoms with E-state index in [9.17, 15) is 0 Å². The van der Waals surface area contributed by atoms with Crippen molar-refractivity contribution in [2.75, 3.05) is 19.8 Å². The maximum absolute atomic E-state index is 5.35. The van der Waals surface area contributed by atoms with Gasteiger partial charge in [0.1, 0.15) is 0 Å². The summed E-state index contributed by atoms with van der Waals surface area (Å²) in [6.07, 6.45) is 5.45. The maximum Gasteiger partial charge on any atom is 0.226 e. The second kappa shape index (κ2) is 5.14. The molecule has 2 aliphatic heterocycles. The SMILES string of the molecule is C1CNC(c2noc(CC3CCOCC3)n2)C1. The molecule has 0 bridgehead atoms. The van der Waals surface area contributed by atoms with Crippen molar-refractivity contribution in [1.29, 1.82) is 0 Å². The number of hydrogen-bond donors (Lipinski definition) is 1. The van der Waals surface area contributed by atoms with E-state index in [1.54, 1.807) is 0 Å². The molecule has 17 heavy (non-hydrogen) atoms. The van der Waals surface area contributed by atoms with E-state index >= 15 is 0 Å². The van der Waals surface area contributed by atoms with Crippen LogP contribution >= 0.6 is 0 Å². The Morgan fingerprint density at radius 3 is 2.88 bits per heavy atom. The zero-order valence-electron chi connectivity index (χ0n) is 10.0. The molecule has 0 amide bonds. The minimum atomic E-state index is 0.308. The Hall–Kier alpha value is -0.940. The highest BCUT2D eigenvalue weighted by molar-refractivity contribution is 4.97. The molecule has 3 heterocycles. The first-order valence-electron chi connectivity index (χ1n) is 6.55. The molecular formula is C12H19N3O2. The summed E-state index contributed by atoms with van der Waals surface area (Å²) in [5.41, 5.74) is 0. The van der Waals surface area contributed by atoms with E-state index in [0.717, 1.165) is 57.2 Å². The molecule has 2 fully saturated rings. The van der Waals surface area contributed by atoms with Gasteiger partial charge in [-0.3, -0.25) is 0 Å². The number of aromatic nitrogens is 2. The van der Waals surface area contributed by atoms with Gasteiger partial charge in [0.25, 0.3) is 0 Å². The summed E-state index contributed by atoms with van der Waals surface area (Å²) in [7, 11) is 0. The third-order valence-electron chi connectivity index (χ3n) is 3.66. The largest absolute Gasteiger partial charge is 0.381 e. The van der Waals surface area contributed by atoms with Crippen molar-refractivity contribution in [2.24, 2.45) is 5.92 Å². The van der Waals surface area contributed by atoms with Crippen molar-refractivity contribution >= 4 is 0 Å². The average molecular weight is 237 g/mol. The first kappa shape index (κ1) is 11.2. The highest BCUT2D eigenvalue weighted by Gasteiger charge is 2.23. The molecule has 0 radical (unpaired) electrons. The van der Waals surface area contributed by atoms with E-state index < -0.39 is 0 Å². The van der Waals surface area contributed by atoms with E-state index in [-0.39, 0.29) is 0 Å². The minimum absolute atomic E-state index is 0.308. The minimum Gasteiger partial charge on any atom is -0.381 e. The summed E-state index contributed by atoms with van der Waals surface area (Å²) in [6, 6.07) is 0.308. The fraction of sp³-hybridized carbons (Fsp3) is 0.833. The second-order valence-electron chi connectivity index (χ2n) is 4.96. The van der Waals surface area contributed by atoms with Crippen LogP contribution in [-0.4, -0.2) is 29.9 Å². The molecule has 0 aromatic carbocycles. The lowest BCUT2D eigenvalue weighted by Crippen LogP contribution is -2.18. The Kier molecular flexibility index (Phi) is 3.38. The quantitative estimate of drug-likeness (QED) is 0.862. The summed E-state index contributed by atoms with van der Waals surface area (Å²) in [6.45, 7) is 2.81. The predicted molar refractivity (Wildman–Crippen MR) is 61.5 cm³/mol. The van der Waals surface area contributed by atoms with Crippen LogP contribution in [0, 0.1) is 5.92 Å². The van der Waals surface area contributed by atoms with Crippen LogP contribution < -0.4 is 5.32 Å². The molecule has 5 heteroatoms. The summed E-state index contributed by atoms with van der Waals surface area (Å²) in [4.78, 5) is 4.51. The predicted octanol–water partition coefficient (Wildman–Crippen LogP) is 1.46. The summed E-state index contributed by atoms with van der Waals surface area (Å²) in [5.74, 6) is 2.28. The van der Waals surface area contributed by atoms with Crippen LogP contribution in [0.5, 0.6) is 0 Å². The molecule has 5 nitrogen and oxygen atoms in total. The Morgan fingerprint density at radius 1 is 1.24 bits per heavy atom. The van der Waals surface area contributed by atoms with Gasteiger partial charge in [-0.25, -0.2) is 0 Å². The third-order valence-corrected chi connectivity index (χ3v) is 3.66. The van der Waals surface area contributed by atoms with Gasteiger partial charge in [0, 0.05) is 19.6 Å². The van der Waals surface area contributed by atoms with Crippen LogP contribution in [0.2, 0.25) is 0 Å². The first-order valence-corrected chi connectivity index (χ1v) is 6.55. The lowest BCUT2D eigenvalue weighted by Gasteiger charge is -2.19. The van der Waals surface area contributed by atoms with Crippen LogP contribution in [0.4, 0.5) is 0 Å². The molecule has 94 valence electrons. The van der Waals surface area contributed by atoms with Gasteiger partial charge in [-0.15, -0.1) is 0 Å². The van der Waals surface area contributed by atoms with Gasteiger partial charge in [0.05, 0.1) is 6.04 Å². The Morgan fingerprint density at radius 2 is 2.12 bits per heavy atom. The highest BCUT2D eigenvalue weighted by Crippen LogP contribution is 2.23. The first-order chi connectivity index (χ1) is 8.42. The molecule has 1 atom stereocenters. The van der Waals surface area contributed by atoms with Crippen molar-refractivity contribution in [3.8, 4) is 0 Å². The smallest absolute Gasteiger partial charge is 0.226 e.